The molecule has 0 spiro atoms. The molecule has 0 amide bonds. The quantitative estimate of drug-likeness (QED) is 0.765. The summed E-state index contributed by atoms with van der Waals surface area (Å²) in [5.74, 6) is -0.890. The third kappa shape index (κ3) is 4.20. The van der Waals surface area contributed by atoms with Crippen LogP contribution in [-0.4, -0.2) is 29.3 Å². The molecule has 0 saturated carbocycles. The van der Waals surface area contributed by atoms with Crippen molar-refractivity contribution in [2.24, 2.45) is 5.92 Å². The van der Waals surface area contributed by atoms with Gasteiger partial charge >= 0.3 is 0 Å². The molecule has 1 atom stereocenters. The Morgan fingerprint density at radius 1 is 1.24 bits per heavy atom. The minimum Gasteiger partial charge on any atom is -0.300 e. The van der Waals surface area contributed by atoms with Gasteiger partial charge in [0.15, 0.2) is 5.78 Å². The molecule has 2 rings (SSSR count). The van der Waals surface area contributed by atoms with Gasteiger partial charge in [-0.05, 0) is 31.3 Å². The van der Waals surface area contributed by atoms with Crippen molar-refractivity contribution in [1.29, 1.82) is 0 Å². The molecule has 0 bridgehead atoms. The number of halogens is 1. The normalized spacial score (nSPS) is 12.4. The molecule has 4 heteroatoms. The zero-order chi connectivity index (χ0) is 15.2. The summed E-state index contributed by atoms with van der Waals surface area (Å²) in [5, 5.41) is 0. The maximum absolute atomic E-state index is 13.6. The fourth-order valence-electron chi connectivity index (χ4n) is 2.31. The van der Waals surface area contributed by atoms with E-state index in [1.165, 1.54) is 12.1 Å². The second-order valence-electron chi connectivity index (χ2n) is 5.26. The minimum absolute atomic E-state index is 0.163. The number of carbonyl (C=O) groups is 1. The predicted octanol–water partition coefficient (Wildman–Crippen LogP) is 3.17. The smallest absolute Gasteiger partial charge is 0.169 e. The summed E-state index contributed by atoms with van der Waals surface area (Å²) in [6.45, 7) is 3.04. The first-order valence-electron chi connectivity index (χ1n) is 6.95. The average molecular weight is 286 g/mol. The molecule has 0 aliphatic carbocycles. The van der Waals surface area contributed by atoms with E-state index in [2.05, 4.69) is 4.98 Å². The number of aromatic nitrogens is 1. The SMILES string of the molecule is CC(CN(C)Cc1ccccn1)C(=O)c1ccccc1F. The zero-order valence-corrected chi connectivity index (χ0v) is 12.3. The number of Topliss-reactive ketones (excluding diaryl/α,β-unsaturated/α-hetero) is 1. The van der Waals surface area contributed by atoms with Gasteiger partial charge in [-0.2, -0.15) is 0 Å². The van der Waals surface area contributed by atoms with E-state index in [0.717, 1.165) is 5.69 Å². The Hall–Kier alpha value is -2.07. The number of hydrogen-bond donors (Lipinski definition) is 0. The van der Waals surface area contributed by atoms with Crippen molar-refractivity contribution in [1.82, 2.24) is 9.88 Å². The molecule has 1 aromatic carbocycles. The van der Waals surface area contributed by atoms with Crippen LogP contribution >= 0.6 is 0 Å². The van der Waals surface area contributed by atoms with Crippen LogP contribution in [0.1, 0.15) is 23.0 Å². The molecule has 110 valence electrons. The highest BCUT2D eigenvalue weighted by atomic mass is 19.1. The lowest BCUT2D eigenvalue weighted by atomic mass is 9.98. The third-order valence-corrected chi connectivity index (χ3v) is 3.33. The topological polar surface area (TPSA) is 33.2 Å². The van der Waals surface area contributed by atoms with Gasteiger partial charge in [0, 0.05) is 25.2 Å². The third-order valence-electron chi connectivity index (χ3n) is 3.33. The summed E-state index contributed by atoms with van der Waals surface area (Å²) < 4.78 is 13.6. The van der Waals surface area contributed by atoms with Crippen LogP contribution in [0.4, 0.5) is 4.39 Å². The van der Waals surface area contributed by atoms with Crippen LogP contribution in [0, 0.1) is 11.7 Å². The molecule has 0 aliphatic rings. The first-order chi connectivity index (χ1) is 10.1. The number of benzene rings is 1. The lowest BCUT2D eigenvalue weighted by Gasteiger charge is -2.20. The van der Waals surface area contributed by atoms with E-state index in [9.17, 15) is 9.18 Å². The Balaban J connectivity index is 1.96. The fraction of sp³-hybridized carbons (Fsp3) is 0.294. The molecular formula is C17H19FN2O. The van der Waals surface area contributed by atoms with E-state index in [0.29, 0.717) is 13.1 Å². The van der Waals surface area contributed by atoms with Crippen LogP contribution in [-0.2, 0) is 6.54 Å². The number of hydrogen-bond acceptors (Lipinski definition) is 3. The molecule has 0 aliphatic heterocycles. The van der Waals surface area contributed by atoms with Gasteiger partial charge in [0.2, 0.25) is 0 Å². The van der Waals surface area contributed by atoms with Crippen molar-refractivity contribution in [3.05, 3.63) is 65.7 Å². The molecule has 3 nitrogen and oxygen atoms in total. The standard InChI is InChI=1S/C17H19FN2O/c1-13(17(21)15-8-3-4-9-16(15)18)11-20(2)12-14-7-5-6-10-19-14/h3-10,13H,11-12H2,1-2H3. The molecule has 0 fully saturated rings. The van der Waals surface area contributed by atoms with Crippen LogP contribution in [0.5, 0.6) is 0 Å². The molecule has 0 N–H and O–H groups in total. The molecule has 0 saturated heterocycles. The van der Waals surface area contributed by atoms with Gasteiger partial charge < -0.3 is 0 Å². The highest BCUT2D eigenvalue weighted by Gasteiger charge is 2.19. The van der Waals surface area contributed by atoms with Crippen LogP contribution in [0.15, 0.2) is 48.7 Å². The zero-order valence-electron chi connectivity index (χ0n) is 12.3. The summed E-state index contributed by atoms with van der Waals surface area (Å²) >= 11 is 0. The van der Waals surface area contributed by atoms with Gasteiger partial charge in [-0.1, -0.05) is 25.1 Å². The first kappa shape index (κ1) is 15.3. The van der Waals surface area contributed by atoms with Crippen LogP contribution < -0.4 is 0 Å². The van der Waals surface area contributed by atoms with E-state index in [4.69, 9.17) is 0 Å². The average Bonchev–Trinajstić information content (AvgIpc) is 2.48. The van der Waals surface area contributed by atoms with Gasteiger partial charge in [0.1, 0.15) is 5.82 Å². The van der Waals surface area contributed by atoms with Crippen LogP contribution in [0.2, 0.25) is 0 Å². The van der Waals surface area contributed by atoms with Crippen molar-refractivity contribution >= 4 is 5.78 Å². The summed E-state index contributed by atoms with van der Waals surface area (Å²) in [5.41, 5.74) is 1.11. The van der Waals surface area contributed by atoms with Gasteiger partial charge in [-0.3, -0.25) is 14.7 Å². The van der Waals surface area contributed by atoms with E-state index >= 15 is 0 Å². The van der Waals surface area contributed by atoms with E-state index < -0.39 is 5.82 Å². The predicted molar refractivity (Wildman–Crippen MR) is 80.5 cm³/mol. The van der Waals surface area contributed by atoms with Crippen molar-refractivity contribution < 1.29 is 9.18 Å². The molecule has 2 aromatic rings. The van der Waals surface area contributed by atoms with Gasteiger partial charge in [0.25, 0.3) is 0 Å². The fourth-order valence-corrected chi connectivity index (χ4v) is 2.31. The Morgan fingerprint density at radius 3 is 2.62 bits per heavy atom. The molecule has 21 heavy (non-hydrogen) atoms. The number of nitrogens with zero attached hydrogens (tertiary/aromatic N) is 2. The summed E-state index contributed by atoms with van der Waals surface area (Å²) in [4.78, 5) is 18.5. The molecule has 1 unspecified atom stereocenters. The Labute approximate surface area is 124 Å². The van der Waals surface area contributed by atoms with Crippen molar-refractivity contribution in [3.63, 3.8) is 0 Å². The number of pyridine rings is 1. The van der Waals surface area contributed by atoms with Crippen LogP contribution in [0.25, 0.3) is 0 Å². The molecule has 1 aromatic heterocycles. The highest BCUT2D eigenvalue weighted by Crippen LogP contribution is 2.14. The number of rotatable bonds is 6. The maximum atomic E-state index is 13.6. The van der Waals surface area contributed by atoms with E-state index in [1.807, 2.05) is 37.1 Å². The Bertz CT molecular complexity index is 601. The van der Waals surface area contributed by atoms with Gasteiger partial charge in [0.05, 0.1) is 11.3 Å². The second kappa shape index (κ2) is 7.09. The lowest BCUT2D eigenvalue weighted by Crippen LogP contribution is -2.29. The summed E-state index contributed by atoms with van der Waals surface area (Å²) in [7, 11) is 1.93. The lowest BCUT2D eigenvalue weighted by molar-refractivity contribution is 0.0896. The first-order valence-corrected chi connectivity index (χ1v) is 6.95. The molecular weight excluding hydrogens is 267 g/mol. The van der Waals surface area contributed by atoms with Gasteiger partial charge in [-0.25, -0.2) is 4.39 Å². The molecule has 1 heterocycles. The largest absolute Gasteiger partial charge is 0.300 e. The van der Waals surface area contributed by atoms with Crippen LogP contribution in [0.3, 0.4) is 0 Å². The summed E-state index contributed by atoms with van der Waals surface area (Å²) in [6.07, 6.45) is 1.75. The van der Waals surface area contributed by atoms with E-state index in [1.54, 1.807) is 18.3 Å². The number of ketones is 1. The minimum atomic E-state index is -0.457. The monoisotopic (exact) mass is 286 g/mol. The van der Waals surface area contributed by atoms with Crippen molar-refractivity contribution in [3.8, 4) is 0 Å². The second-order valence-corrected chi connectivity index (χ2v) is 5.26. The molecule has 0 radical (unpaired) electrons. The van der Waals surface area contributed by atoms with Crippen molar-refractivity contribution in [2.75, 3.05) is 13.6 Å². The Morgan fingerprint density at radius 2 is 1.95 bits per heavy atom. The number of carbonyl (C=O) groups excluding carboxylic acids is 1. The summed E-state index contributed by atoms with van der Waals surface area (Å²) in [6, 6.07) is 11.9. The van der Waals surface area contributed by atoms with Crippen molar-refractivity contribution in [2.45, 2.75) is 13.5 Å². The van der Waals surface area contributed by atoms with Gasteiger partial charge in [-0.15, -0.1) is 0 Å². The maximum Gasteiger partial charge on any atom is 0.169 e. The van der Waals surface area contributed by atoms with E-state index in [-0.39, 0.29) is 17.3 Å². The highest BCUT2D eigenvalue weighted by molar-refractivity contribution is 5.98. The Kier molecular flexibility index (Phi) is 5.17.